The van der Waals surface area contributed by atoms with Crippen molar-refractivity contribution >= 4 is 38.3 Å². The Bertz CT molecular complexity index is 758. The fourth-order valence-corrected chi connectivity index (χ4v) is 4.18. The third-order valence-electron chi connectivity index (χ3n) is 3.46. The lowest BCUT2D eigenvalue weighted by molar-refractivity contribution is 0.411. The van der Waals surface area contributed by atoms with Crippen molar-refractivity contribution < 1.29 is 13.2 Å². The highest BCUT2D eigenvalue weighted by molar-refractivity contribution is 14.1. The predicted octanol–water partition coefficient (Wildman–Crippen LogP) is 4.44. The van der Waals surface area contributed by atoms with Crippen LogP contribution >= 0.6 is 22.6 Å². The monoisotopic (exact) mass is 445 g/mol. The van der Waals surface area contributed by atoms with Gasteiger partial charge in [-0.3, -0.25) is 4.72 Å². The van der Waals surface area contributed by atoms with Gasteiger partial charge in [0.15, 0.2) is 0 Å². The third kappa shape index (κ3) is 4.84. The average Bonchev–Trinajstić information content (AvgIpc) is 2.54. The van der Waals surface area contributed by atoms with E-state index >= 15 is 0 Å². The molecule has 0 radical (unpaired) electrons. The Morgan fingerprint density at radius 3 is 2.39 bits per heavy atom. The molecule has 2 aromatic carbocycles. The highest BCUT2D eigenvalue weighted by Gasteiger charge is 2.16. The standard InChI is InChI=1S/C17H20INO3S/c1-3-4-5-13-6-8-14(9-7-13)19-23(20,21)15-10-11-17(22-2)16(18)12-15/h6-12,19H,3-5H2,1-2H3. The van der Waals surface area contributed by atoms with Crippen molar-refractivity contribution in [2.45, 2.75) is 31.1 Å². The summed E-state index contributed by atoms with van der Waals surface area (Å²) in [6, 6.07) is 12.3. The molecule has 0 heterocycles. The van der Waals surface area contributed by atoms with Crippen molar-refractivity contribution in [3.05, 3.63) is 51.6 Å². The number of methoxy groups -OCH3 is 1. The number of rotatable bonds is 7. The van der Waals surface area contributed by atoms with Crippen LogP contribution < -0.4 is 9.46 Å². The molecular weight excluding hydrogens is 425 g/mol. The van der Waals surface area contributed by atoms with Gasteiger partial charge in [0.05, 0.1) is 15.6 Å². The molecule has 0 aromatic heterocycles. The molecule has 2 rings (SSSR count). The van der Waals surface area contributed by atoms with Crippen LogP contribution in [0.5, 0.6) is 5.75 Å². The molecule has 0 amide bonds. The summed E-state index contributed by atoms with van der Waals surface area (Å²) in [4.78, 5) is 0.220. The first-order valence-corrected chi connectivity index (χ1v) is 9.97. The van der Waals surface area contributed by atoms with Gasteiger partial charge in [-0.15, -0.1) is 0 Å². The van der Waals surface area contributed by atoms with E-state index in [0.717, 1.165) is 22.8 Å². The van der Waals surface area contributed by atoms with E-state index in [-0.39, 0.29) is 4.90 Å². The van der Waals surface area contributed by atoms with Crippen LogP contribution in [0.1, 0.15) is 25.3 Å². The third-order valence-corrected chi connectivity index (χ3v) is 5.68. The van der Waals surface area contributed by atoms with Gasteiger partial charge in [-0.1, -0.05) is 25.5 Å². The molecule has 1 N–H and O–H groups in total. The van der Waals surface area contributed by atoms with Crippen LogP contribution in [0.15, 0.2) is 47.4 Å². The molecule has 124 valence electrons. The zero-order valence-corrected chi connectivity index (χ0v) is 16.1. The van der Waals surface area contributed by atoms with Gasteiger partial charge in [-0.2, -0.15) is 0 Å². The number of ether oxygens (including phenoxy) is 1. The molecule has 4 nitrogen and oxygen atoms in total. The Morgan fingerprint density at radius 2 is 1.83 bits per heavy atom. The summed E-state index contributed by atoms with van der Waals surface area (Å²) < 4.78 is 33.4. The number of halogens is 1. The highest BCUT2D eigenvalue weighted by atomic mass is 127. The van der Waals surface area contributed by atoms with Gasteiger partial charge in [-0.25, -0.2) is 8.42 Å². The van der Waals surface area contributed by atoms with Gasteiger partial charge >= 0.3 is 0 Å². The summed E-state index contributed by atoms with van der Waals surface area (Å²) in [6.45, 7) is 2.15. The van der Waals surface area contributed by atoms with Crippen LogP contribution in [-0.2, 0) is 16.4 Å². The molecule has 0 saturated heterocycles. The molecule has 0 unspecified atom stereocenters. The maximum Gasteiger partial charge on any atom is 0.261 e. The van der Waals surface area contributed by atoms with E-state index in [1.54, 1.807) is 37.4 Å². The first-order chi connectivity index (χ1) is 11.0. The summed E-state index contributed by atoms with van der Waals surface area (Å²) in [5.41, 5.74) is 1.78. The second-order valence-corrected chi connectivity index (χ2v) is 8.05. The summed E-state index contributed by atoms with van der Waals surface area (Å²) in [7, 11) is -2.04. The number of aryl methyl sites for hydroxylation is 1. The van der Waals surface area contributed by atoms with E-state index in [1.165, 1.54) is 5.56 Å². The molecule has 0 aliphatic heterocycles. The minimum absolute atomic E-state index is 0.220. The van der Waals surface area contributed by atoms with Crippen molar-refractivity contribution in [1.29, 1.82) is 0 Å². The number of hydrogen-bond acceptors (Lipinski definition) is 3. The number of nitrogens with one attached hydrogen (secondary N) is 1. The van der Waals surface area contributed by atoms with Gasteiger partial charge in [0.25, 0.3) is 10.0 Å². The lowest BCUT2D eigenvalue weighted by Crippen LogP contribution is -2.13. The maximum atomic E-state index is 12.5. The van der Waals surface area contributed by atoms with Crippen LogP contribution in [0.25, 0.3) is 0 Å². The highest BCUT2D eigenvalue weighted by Crippen LogP contribution is 2.25. The topological polar surface area (TPSA) is 55.4 Å². The maximum absolute atomic E-state index is 12.5. The lowest BCUT2D eigenvalue weighted by atomic mass is 10.1. The molecule has 2 aromatic rings. The molecule has 0 fully saturated rings. The van der Waals surface area contributed by atoms with Crippen molar-refractivity contribution in [2.75, 3.05) is 11.8 Å². The summed E-state index contributed by atoms with van der Waals surface area (Å²) in [5.74, 6) is 0.657. The van der Waals surface area contributed by atoms with Crippen molar-refractivity contribution in [3.8, 4) is 5.75 Å². The number of sulfonamides is 1. The average molecular weight is 445 g/mol. The first-order valence-electron chi connectivity index (χ1n) is 7.41. The van der Waals surface area contributed by atoms with E-state index in [0.29, 0.717) is 11.4 Å². The predicted molar refractivity (Wildman–Crippen MR) is 102 cm³/mol. The molecule has 0 aliphatic rings. The number of unbranched alkanes of at least 4 members (excludes halogenated alkanes) is 1. The van der Waals surface area contributed by atoms with E-state index in [9.17, 15) is 8.42 Å². The van der Waals surface area contributed by atoms with Crippen LogP contribution in [0, 0.1) is 3.57 Å². The molecule has 23 heavy (non-hydrogen) atoms. The summed E-state index contributed by atoms with van der Waals surface area (Å²) in [5, 5.41) is 0. The second-order valence-electron chi connectivity index (χ2n) is 5.20. The van der Waals surface area contributed by atoms with Crippen molar-refractivity contribution in [3.63, 3.8) is 0 Å². The molecule has 0 atom stereocenters. The molecule has 6 heteroatoms. The normalized spacial score (nSPS) is 11.3. The lowest BCUT2D eigenvalue weighted by Gasteiger charge is -2.10. The first kappa shape index (κ1) is 18.1. The number of anilines is 1. The zero-order chi connectivity index (χ0) is 16.9. The van der Waals surface area contributed by atoms with E-state index in [1.807, 2.05) is 12.1 Å². The van der Waals surface area contributed by atoms with E-state index in [4.69, 9.17) is 4.74 Å². The van der Waals surface area contributed by atoms with Gasteiger partial charge < -0.3 is 4.74 Å². The van der Waals surface area contributed by atoms with E-state index < -0.39 is 10.0 Å². The Balaban J connectivity index is 2.16. The molecule has 0 aliphatic carbocycles. The SMILES string of the molecule is CCCCc1ccc(NS(=O)(=O)c2ccc(OC)c(I)c2)cc1. The quantitative estimate of drug-likeness (QED) is 0.642. The summed E-state index contributed by atoms with van der Waals surface area (Å²) >= 11 is 2.06. The van der Waals surface area contributed by atoms with E-state index in [2.05, 4.69) is 34.2 Å². The Hall–Kier alpha value is -1.28. The van der Waals surface area contributed by atoms with Crippen molar-refractivity contribution in [1.82, 2.24) is 0 Å². The van der Waals surface area contributed by atoms with Gasteiger partial charge in [0, 0.05) is 5.69 Å². The number of benzene rings is 2. The zero-order valence-electron chi connectivity index (χ0n) is 13.2. The van der Waals surface area contributed by atoms with Crippen LogP contribution in [0.4, 0.5) is 5.69 Å². The Labute approximate surface area is 151 Å². The minimum atomic E-state index is -3.60. The Kier molecular flexibility index (Phi) is 6.29. The minimum Gasteiger partial charge on any atom is -0.496 e. The smallest absolute Gasteiger partial charge is 0.261 e. The molecular formula is C17H20INO3S. The van der Waals surface area contributed by atoms with Crippen molar-refractivity contribution in [2.24, 2.45) is 0 Å². The number of hydrogen-bond donors (Lipinski definition) is 1. The fourth-order valence-electron chi connectivity index (χ4n) is 2.15. The van der Waals surface area contributed by atoms with Gasteiger partial charge in [0.1, 0.15) is 5.75 Å². The largest absolute Gasteiger partial charge is 0.496 e. The molecule has 0 spiro atoms. The van der Waals surface area contributed by atoms with Gasteiger partial charge in [0.2, 0.25) is 0 Å². The van der Waals surface area contributed by atoms with Crippen LogP contribution in [0.3, 0.4) is 0 Å². The second kappa shape index (κ2) is 8.01. The van der Waals surface area contributed by atoms with Crippen LogP contribution in [0.2, 0.25) is 0 Å². The molecule has 0 bridgehead atoms. The fraction of sp³-hybridized carbons (Fsp3) is 0.294. The van der Waals surface area contributed by atoms with Gasteiger partial charge in [-0.05, 0) is 71.3 Å². The van der Waals surface area contributed by atoms with Crippen LogP contribution in [-0.4, -0.2) is 15.5 Å². The molecule has 0 saturated carbocycles. The Morgan fingerprint density at radius 1 is 1.13 bits per heavy atom. The summed E-state index contributed by atoms with van der Waals surface area (Å²) in [6.07, 6.45) is 3.29.